The first-order valence-electron chi connectivity index (χ1n) is 3.94. The molecule has 0 atom stereocenters. The van der Waals surface area contributed by atoms with Gasteiger partial charge in [0.1, 0.15) is 0 Å². The van der Waals surface area contributed by atoms with Gasteiger partial charge in [-0.1, -0.05) is 25.8 Å². The molecule has 0 aliphatic carbocycles. The summed E-state index contributed by atoms with van der Waals surface area (Å²) in [6.07, 6.45) is 8.37. The zero-order chi connectivity index (χ0) is 7.82. The zero-order valence-corrected chi connectivity index (χ0v) is 6.89. The highest BCUT2D eigenvalue weighted by Gasteiger charge is 1.83. The molecule has 0 amide bonds. The van der Waals surface area contributed by atoms with Crippen molar-refractivity contribution in [3.8, 4) is 0 Å². The van der Waals surface area contributed by atoms with Crippen LogP contribution in [0.5, 0.6) is 0 Å². The molecule has 1 nitrogen and oxygen atoms in total. The molecule has 0 saturated carbocycles. The normalized spacial score (nSPS) is 10.6. The Morgan fingerprint density at radius 1 is 1.40 bits per heavy atom. The number of carbonyl (C=O) groups is 1. The first-order valence-corrected chi connectivity index (χ1v) is 3.94. The van der Waals surface area contributed by atoms with Gasteiger partial charge in [0.25, 0.3) is 0 Å². The maximum atomic E-state index is 10.4. The molecule has 0 bridgehead atoms. The Bertz CT molecular complexity index is 114. The lowest BCUT2D eigenvalue weighted by molar-refractivity contribution is -0.112. The van der Waals surface area contributed by atoms with Crippen LogP contribution in [0.1, 0.15) is 39.5 Å². The second-order valence-corrected chi connectivity index (χ2v) is 2.51. The van der Waals surface area contributed by atoms with Crippen LogP contribution in [-0.4, -0.2) is 5.78 Å². The van der Waals surface area contributed by atoms with Crippen molar-refractivity contribution in [1.29, 1.82) is 0 Å². The molecule has 0 aliphatic rings. The van der Waals surface area contributed by atoms with Crippen LogP contribution in [0.2, 0.25) is 0 Å². The van der Waals surface area contributed by atoms with E-state index in [4.69, 9.17) is 0 Å². The van der Waals surface area contributed by atoms with Gasteiger partial charge in [-0.05, 0) is 25.8 Å². The molecule has 0 heterocycles. The van der Waals surface area contributed by atoms with Crippen molar-refractivity contribution in [3.63, 3.8) is 0 Å². The number of hydrogen-bond donors (Lipinski definition) is 0. The number of unbranched alkanes of at least 4 members (excludes halogenated alkanes) is 3. The summed E-state index contributed by atoms with van der Waals surface area (Å²) in [6, 6.07) is 0. The van der Waals surface area contributed by atoms with Crippen molar-refractivity contribution in [3.05, 3.63) is 12.2 Å². The monoisotopic (exact) mass is 140 g/mol. The van der Waals surface area contributed by atoms with Gasteiger partial charge in [-0.15, -0.1) is 0 Å². The van der Waals surface area contributed by atoms with Crippen LogP contribution in [0.3, 0.4) is 0 Å². The van der Waals surface area contributed by atoms with E-state index in [1.165, 1.54) is 19.3 Å². The van der Waals surface area contributed by atoms with Gasteiger partial charge in [-0.2, -0.15) is 0 Å². The Labute approximate surface area is 63.1 Å². The maximum Gasteiger partial charge on any atom is 0.152 e. The molecule has 0 fully saturated rings. The fourth-order valence-corrected chi connectivity index (χ4v) is 0.761. The number of carbonyl (C=O) groups excluding carboxylic acids is 1. The molecular formula is C9H16O. The van der Waals surface area contributed by atoms with Gasteiger partial charge < -0.3 is 0 Å². The standard InChI is InChI=1S/C9H16O/c1-3-4-5-6-7-8-9(2)10/h7-8H,3-6H2,1-2H3/b8-7-. The Kier molecular flexibility index (Phi) is 6.14. The molecule has 58 valence electrons. The van der Waals surface area contributed by atoms with Crippen LogP contribution in [0.25, 0.3) is 0 Å². The van der Waals surface area contributed by atoms with E-state index in [1.54, 1.807) is 13.0 Å². The van der Waals surface area contributed by atoms with E-state index in [1.807, 2.05) is 6.08 Å². The summed E-state index contributed by atoms with van der Waals surface area (Å²) in [4.78, 5) is 10.4. The predicted molar refractivity (Wildman–Crippen MR) is 44.0 cm³/mol. The van der Waals surface area contributed by atoms with Crippen molar-refractivity contribution >= 4 is 5.78 Å². The third-order valence-electron chi connectivity index (χ3n) is 1.33. The first kappa shape index (κ1) is 9.41. The van der Waals surface area contributed by atoms with Crippen LogP contribution in [0, 0.1) is 0 Å². The molecule has 0 saturated heterocycles. The van der Waals surface area contributed by atoms with Gasteiger partial charge in [0.2, 0.25) is 0 Å². The van der Waals surface area contributed by atoms with Crippen molar-refractivity contribution in [1.82, 2.24) is 0 Å². The van der Waals surface area contributed by atoms with Gasteiger partial charge in [-0.3, -0.25) is 4.79 Å². The molecule has 0 spiro atoms. The maximum absolute atomic E-state index is 10.4. The SMILES string of the molecule is CCCCC/C=C\C(C)=O. The summed E-state index contributed by atoms with van der Waals surface area (Å²) < 4.78 is 0. The largest absolute Gasteiger partial charge is 0.295 e. The molecule has 0 aromatic heterocycles. The minimum atomic E-state index is 0.150. The van der Waals surface area contributed by atoms with Crippen molar-refractivity contribution in [2.45, 2.75) is 39.5 Å². The lowest BCUT2D eigenvalue weighted by Gasteiger charge is -1.89. The average Bonchev–Trinajstić information content (AvgIpc) is 1.87. The van der Waals surface area contributed by atoms with Gasteiger partial charge in [0.05, 0.1) is 0 Å². The van der Waals surface area contributed by atoms with E-state index < -0.39 is 0 Å². The lowest BCUT2D eigenvalue weighted by Crippen LogP contribution is -1.79. The molecule has 0 radical (unpaired) electrons. The molecule has 0 unspecified atom stereocenters. The molecule has 10 heavy (non-hydrogen) atoms. The highest BCUT2D eigenvalue weighted by atomic mass is 16.1. The quantitative estimate of drug-likeness (QED) is 0.424. The average molecular weight is 140 g/mol. The molecular weight excluding hydrogens is 124 g/mol. The van der Waals surface area contributed by atoms with E-state index in [-0.39, 0.29) is 5.78 Å². The number of ketones is 1. The van der Waals surface area contributed by atoms with Crippen LogP contribution < -0.4 is 0 Å². The molecule has 0 N–H and O–H groups in total. The number of rotatable bonds is 5. The Balaban J connectivity index is 3.10. The minimum Gasteiger partial charge on any atom is -0.295 e. The van der Waals surface area contributed by atoms with E-state index in [0.29, 0.717) is 0 Å². The van der Waals surface area contributed by atoms with Crippen molar-refractivity contribution in [2.24, 2.45) is 0 Å². The summed E-state index contributed by atoms with van der Waals surface area (Å²) in [5.74, 6) is 0.150. The minimum absolute atomic E-state index is 0.150. The van der Waals surface area contributed by atoms with Crippen LogP contribution in [0.15, 0.2) is 12.2 Å². The Morgan fingerprint density at radius 2 is 2.10 bits per heavy atom. The highest BCUT2D eigenvalue weighted by molar-refractivity contribution is 5.87. The lowest BCUT2D eigenvalue weighted by atomic mass is 10.2. The van der Waals surface area contributed by atoms with Crippen LogP contribution in [-0.2, 0) is 4.79 Å². The van der Waals surface area contributed by atoms with E-state index in [0.717, 1.165) is 6.42 Å². The topological polar surface area (TPSA) is 17.1 Å². The molecule has 0 rings (SSSR count). The third-order valence-corrected chi connectivity index (χ3v) is 1.33. The number of allylic oxidation sites excluding steroid dienone is 2. The predicted octanol–water partition coefficient (Wildman–Crippen LogP) is 2.71. The van der Waals surface area contributed by atoms with E-state index in [9.17, 15) is 4.79 Å². The second kappa shape index (κ2) is 6.53. The second-order valence-electron chi connectivity index (χ2n) is 2.51. The van der Waals surface area contributed by atoms with E-state index in [2.05, 4.69) is 6.92 Å². The summed E-state index contributed by atoms with van der Waals surface area (Å²) in [5.41, 5.74) is 0. The van der Waals surface area contributed by atoms with Gasteiger partial charge in [0, 0.05) is 0 Å². The van der Waals surface area contributed by atoms with Gasteiger partial charge >= 0.3 is 0 Å². The summed E-state index contributed by atoms with van der Waals surface area (Å²) in [6.45, 7) is 3.75. The Hall–Kier alpha value is -0.590. The summed E-state index contributed by atoms with van der Waals surface area (Å²) >= 11 is 0. The fourth-order valence-electron chi connectivity index (χ4n) is 0.761. The van der Waals surface area contributed by atoms with E-state index >= 15 is 0 Å². The van der Waals surface area contributed by atoms with Crippen molar-refractivity contribution < 1.29 is 4.79 Å². The smallest absolute Gasteiger partial charge is 0.152 e. The summed E-state index contributed by atoms with van der Waals surface area (Å²) in [5, 5.41) is 0. The molecule has 0 aromatic rings. The van der Waals surface area contributed by atoms with Crippen molar-refractivity contribution in [2.75, 3.05) is 0 Å². The zero-order valence-electron chi connectivity index (χ0n) is 6.89. The van der Waals surface area contributed by atoms with Gasteiger partial charge in [-0.25, -0.2) is 0 Å². The van der Waals surface area contributed by atoms with Crippen LogP contribution in [0.4, 0.5) is 0 Å². The Morgan fingerprint density at radius 3 is 2.60 bits per heavy atom. The number of hydrogen-bond acceptors (Lipinski definition) is 1. The highest BCUT2D eigenvalue weighted by Crippen LogP contribution is 1.99. The summed E-state index contributed by atoms with van der Waals surface area (Å²) in [7, 11) is 0. The fraction of sp³-hybridized carbons (Fsp3) is 0.667. The third kappa shape index (κ3) is 7.41. The van der Waals surface area contributed by atoms with Gasteiger partial charge in [0.15, 0.2) is 5.78 Å². The van der Waals surface area contributed by atoms with Crippen LogP contribution >= 0.6 is 0 Å². The molecule has 0 aliphatic heterocycles. The molecule has 0 aromatic carbocycles. The molecule has 1 heteroatoms. The first-order chi connectivity index (χ1) is 4.77.